The van der Waals surface area contributed by atoms with Crippen LogP contribution in [0, 0.1) is 11.8 Å². The first-order valence-corrected chi connectivity index (χ1v) is 39.5. The minimum atomic E-state index is -4.95. The van der Waals surface area contributed by atoms with Gasteiger partial charge in [-0.05, 0) is 37.5 Å². The van der Waals surface area contributed by atoms with Crippen LogP contribution in [0.5, 0.6) is 0 Å². The number of aliphatic hydroxyl groups excluding tert-OH is 1. The summed E-state index contributed by atoms with van der Waals surface area (Å²) >= 11 is 0. The molecule has 3 unspecified atom stereocenters. The Balaban J connectivity index is 5.20. The monoisotopic (exact) mass is 1310 g/mol. The predicted octanol–water partition coefficient (Wildman–Crippen LogP) is 20.0. The standard InChI is InChI=1S/C70H136O17P2/c1-7-10-12-14-16-17-22-30-36-42-48-54-69(74)86-65(58-80-67(72)52-46-40-32-15-13-11-8-2)60-84-88(76,77)82-56-64(71)57-83-89(78,79)85-61-66(59-81-68(73)53-47-41-35-29-26-25-27-33-38-44-50-62(4)5)87-70(75)55-49-43-37-31-24-21-19-18-20-23-28-34-39-45-51-63(6)9-3/h62-66,71H,7-61H2,1-6H3,(H,76,77)(H,78,79)/t63?,64-,65+,66+/m0/s1. The van der Waals surface area contributed by atoms with Gasteiger partial charge in [-0.15, -0.1) is 0 Å². The molecule has 0 fully saturated rings. The van der Waals surface area contributed by atoms with Crippen LogP contribution in [0.1, 0.15) is 356 Å². The minimum Gasteiger partial charge on any atom is -0.462 e. The number of carbonyl (C=O) groups is 4. The molecule has 0 spiro atoms. The van der Waals surface area contributed by atoms with Crippen LogP contribution in [-0.2, 0) is 65.4 Å². The number of hydrogen-bond acceptors (Lipinski definition) is 15. The van der Waals surface area contributed by atoms with Crippen molar-refractivity contribution >= 4 is 39.5 Å². The smallest absolute Gasteiger partial charge is 0.462 e. The first-order chi connectivity index (χ1) is 42.9. The molecule has 0 amide bonds. The molecule has 0 aliphatic heterocycles. The molecule has 89 heavy (non-hydrogen) atoms. The van der Waals surface area contributed by atoms with Crippen molar-refractivity contribution in [2.75, 3.05) is 39.6 Å². The lowest BCUT2D eigenvalue weighted by Crippen LogP contribution is -2.30. The van der Waals surface area contributed by atoms with Crippen molar-refractivity contribution in [2.45, 2.75) is 374 Å². The average Bonchev–Trinajstić information content (AvgIpc) is 3.61. The molecule has 0 saturated carbocycles. The molecule has 0 aromatic rings. The maximum Gasteiger partial charge on any atom is 0.472 e. The van der Waals surface area contributed by atoms with E-state index < -0.39 is 97.5 Å². The first kappa shape index (κ1) is 87.1. The van der Waals surface area contributed by atoms with Gasteiger partial charge in [0.15, 0.2) is 12.2 Å². The zero-order chi connectivity index (χ0) is 65.7. The third-order valence-electron chi connectivity index (χ3n) is 16.6. The summed E-state index contributed by atoms with van der Waals surface area (Å²) in [4.78, 5) is 72.4. The number of phosphoric acid groups is 2. The fourth-order valence-electron chi connectivity index (χ4n) is 10.6. The van der Waals surface area contributed by atoms with Crippen LogP contribution < -0.4 is 0 Å². The first-order valence-electron chi connectivity index (χ1n) is 36.5. The van der Waals surface area contributed by atoms with Gasteiger partial charge in [0.2, 0.25) is 0 Å². The molecule has 0 heterocycles. The molecule has 19 heteroatoms. The summed E-state index contributed by atoms with van der Waals surface area (Å²) in [7, 11) is -9.89. The molecule has 6 atom stereocenters. The fraction of sp³-hybridized carbons (Fsp3) is 0.943. The normalized spacial score (nSPS) is 14.4. The van der Waals surface area contributed by atoms with E-state index in [2.05, 4.69) is 41.5 Å². The van der Waals surface area contributed by atoms with Crippen molar-refractivity contribution < 1.29 is 80.2 Å². The third kappa shape index (κ3) is 63.2. The largest absolute Gasteiger partial charge is 0.472 e. The van der Waals surface area contributed by atoms with Gasteiger partial charge in [-0.25, -0.2) is 9.13 Å². The number of ether oxygens (including phenoxy) is 4. The van der Waals surface area contributed by atoms with E-state index in [9.17, 15) is 43.2 Å². The van der Waals surface area contributed by atoms with Gasteiger partial charge in [-0.3, -0.25) is 37.3 Å². The molecule has 0 radical (unpaired) electrons. The minimum absolute atomic E-state index is 0.106. The van der Waals surface area contributed by atoms with Crippen LogP contribution in [0.4, 0.5) is 0 Å². The second-order valence-electron chi connectivity index (χ2n) is 26.0. The summed E-state index contributed by atoms with van der Waals surface area (Å²) < 4.78 is 68.2. The third-order valence-corrected chi connectivity index (χ3v) is 18.5. The van der Waals surface area contributed by atoms with Crippen LogP contribution in [0.15, 0.2) is 0 Å². The van der Waals surface area contributed by atoms with Crippen molar-refractivity contribution in [1.29, 1.82) is 0 Å². The molecule has 0 aliphatic carbocycles. The summed E-state index contributed by atoms with van der Waals surface area (Å²) in [5, 5.41) is 10.6. The Hall–Kier alpha value is -1.94. The van der Waals surface area contributed by atoms with Crippen LogP contribution in [0.2, 0.25) is 0 Å². The number of hydrogen-bond donors (Lipinski definition) is 3. The molecule has 0 aromatic heterocycles. The maximum absolute atomic E-state index is 13.0. The lowest BCUT2D eigenvalue weighted by atomic mass is 9.99. The van der Waals surface area contributed by atoms with Gasteiger partial charge in [0, 0.05) is 25.7 Å². The zero-order valence-electron chi connectivity index (χ0n) is 57.7. The van der Waals surface area contributed by atoms with Crippen LogP contribution in [-0.4, -0.2) is 96.7 Å². The highest BCUT2D eigenvalue weighted by Gasteiger charge is 2.30. The van der Waals surface area contributed by atoms with Crippen LogP contribution in [0.3, 0.4) is 0 Å². The molecule has 0 rings (SSSR count). The fourth-order valence-corrected chi connectivity index (χ4v) is 12.1. The van der Waals surface area contributed by atoms with Crippen LogP contribution in [0.25, 0.3) is 0 Å². The highest BCUT2D eigenvalue weighted by atomic mass is 31.2. The van der Waals surface area contributed by atoms with Gasteiger partial charge in [-0.2, -0.15) is 0 Å². The number of unbranched alkanes of at least 4 members (excludes halogenated alkanes) is 38. The Morgan fingerprint density at radius 2 is 0.573 bits per heavy atom. The number of phosphoric ester groups is 2. The predicted molar refractivity (Wildman–Crippen MR) is 358 cm³/mol. The molecular weight excluding hydrogens is 1170 g/mol. The molecule has 0 aliphatic rings. The van der Waals surface area contributed by atoms with E-state index in [0.29, 0.717) is 25.7 Å². The van der Waals surface area contributed by atoms with Gasteiger partial charge < -0.3 is 33.8 Å². The Kier molecular flexibility index (Phi) is 60.8. The number of aliphatic hydroxyl groups is 1. The molecule has 17 nitrogen and oxygen atoms in total. The average molecular weight is 1310 g/mol. The quantitative estimate of drug-likeness (QED) is 0.0222. The van der Waals surface area contributed by atoms with Crippen molar-refractivity contribution in [1.82, 2.24) is 0 Å². The van der Waals surface area contributed by atoms with E-state index >= 15 is 0 Å². The van der Waals surface area contributed by atoms with E-state index in [-0.39, 0.29) is 25.7 Å². The second-order valence-corrected chi connectivity index (χ2v) is 28.9. The maximum atomic E-state index is 13.0. The summed E-state index contributed by atoms with van der Waals surface area (Å²) in [5.41, 5.74) is 0. The summed E-state index contributed by atoms with van der Waals surface area (Å²) in [6.07, 6.45) is 47.2. The molecular formula is C70H136O17P2. The summed E-state index contributed by atoms with van der Waals surface area (Å²) in [6.45, 7) is 9.55. The van der Waals surface area contributed by atoms with E-state index in [1.807, 2.05) is 0 Å². The SMILES string of the molecule is CCCCCCCCCCCCCC(=O)O[C@H](COC(=O)CCCCCCCCC)COP(=O)(O)OC[C@H](O)COP(=O)(O)OC[C@@H](COC(=O)CCCCCCCCCCCCC(C)C)OC(=O)CCCCCCCCCCCCCCCCC(C)CC. The Morgan fingerprint density at radius 1 is 0.326 bits per heavy atom. The Bertz CT molecular complexity index is 1740. The number of rotatable bonds is 69. The van der Waals surface area contributed by atoms with Gasteiger partial charge in [0.05, 0.1) is 26.4 Å². The van der Waals surface area contributed by atoms with Crippen LogP contribution >= 0.6 is 15.6 Å². The van der Waals surface area contributed by atoms with Crippen molar-refractivity contribution in [3.8, 4) is 0 Å². The van der Waals surface area contributed by atoms with Gasteiger partial charge in [0.1, 0.15) is 19.3 Å². The highest BCUT2D eigenvalue weighted by Crippen LogP contribution is 2.45. The zero-order valence-corrected chi connectivity index (χ0v) is 59.5. The highest BCUT2D eigenvalue weighted by molar-refractivity contribution is 7.47. The van der Waals surface area contributed by atoms with Crippen molar-refractivity contribution in [3.63, 3.8) is 0 Å². The van der Waals surface area contributed by atoms with E-state index in [4.69, 9.17) is 37.0 Å². The molecule has 0 saturated heterocycles. The Labute approximate surface area is 543 Å². The van der Waals surface area contributed by atoms with E-state index in [0.717, 1.165) is 115 Å². The lowest BCUT2D eigenvalue weighted by molar-refractivity contribution is -0.161. The molecule has 528 valence electrons. The van der Waals surface area contributed by atoms with E-state index in [1.165, 1.54) is 161 Å². The Morgan fingerprint density at radius 3 is 0.854 bits per heavy atom. The summed E-state index contributed by atoms with van der Waals surface area (Å²) in [5.74, 6) is -0.523. The van der Waals surface area contributed by atoms with E-state index in [1.54, 1.807) is 0 Å². The molecule has 0 aromatic carbocycles. The number of esters is 4. The van der Waals surface area contributed by atoms with Gasteiger partial charge in [-0.1, -0.05) is 305 Å². The lowest BCUT2D eigenvalue weighted by Gasteiger charge is -2.21. The summed E-state index contributed by atoms with van der Waals surface area (Å²) in [6, 6.07) is 0. The van der Waals surface area contributed by atoms with Gasteiger partial charge in [0.25, 0.3) is 0 Å². The number of carbonyl (C=O) groups excluding carboxylic acids is 4. The molecule has 3 N–H and O–H groups in total. The van der Waals surface area contributed by atoms with Crippen molar-refractivity contribution in [2.24, 2.45) is 11.8 Å². The van der Waals surface area contributed by atoms with Crippen molar-refractivity contribution in [3.05, 3.63) is 0 Å². The topological polar surface area (TPSA) is 237 Å². The molecule has 0 bridgehead atoms. The van der Waals surface area contributed by atoms with Gasteiger partial charge >= 0.3 is 39.5 Å². The second kappa shape index (κ2) is 62.2.